The van der Waals surface area contributed by atoms with Crippen molar-refractivity contribution in [2.24, 2.45) is 0 Å². The molecular formula is C19H32N4O6. The maximum atomic E-state index is 13.0. The summed E-state index contributed by atoms with van der Waals surface area (Å²) >= 11 is 0. The number of carbonyl (C=O) groups is 4. The first-order valence-corrected chi connectivity index (χ1v) is 9.95. The molecule has 0 aromatic heterocycles. The number of nitrogens with zero attached hydrogens (tertiary/aromatic N) is 2. The van der Waals surface area contributed by atoms with Gasteiger partial charge in [0.1, 0.15) is 17.7 Å². The minimum absolute atomic E-state index is 0.116. The monoisotopic (exact) mass is 412 g/mol. The third-order valence-corrected chi connectivity index (χ3v) is 4.85. The van der Waals surface area contributed by atoms with Crippen LogP contribution in [0, 0.1) is 0 Å². The molecule has 0 aromatic carbocycles. The Kier molecular flexibility index (Phi) is 7.59. The number of carbonyl (C=O) groups excluding carboxylic acids is 4. The zero-order valence-corrected chi connectivity index (χ0v) is 17.8. The first kappa shape index (κ1) is 23.1. The molecule has 2 saturated heterocycles. The summed E-state index contributed by atoms with van der Waals surface area (Å²) in [5.41, 5.74) is -0.602. The summed E-state index contributed by atoms with van der Waals surface area (Å²) in [5, 5.41) is 8.84. The summed E-state index contributed by atoms with van der Waals surface area (Å²) in [6.07, 6.45) is 1.69. The first-order chi connectivity index (χ1) is 13.5. The SMILES string of the molecule is COC(=O)C1CCN2CCCC(NC(=O)C(C)NCC(=O)OC(C)(C)C)C(=O)N12. The lowest BCUT2D eigenvalue weighted by molar-refractivity contribution is -0.162. The summed E-state index contributed by atoms with van der Waals surface area (Å²) in [5.74, 6) is -1.63. The van der Waals surface area contributed by atoms with E-state index in [4.69, 9.17) is 9.47 Å². The quantitative estimate of drug-likeness (QED) is 0.565. The van der Waals surface area contributed by atoms with Crippen molar-refractivity contribution in [3.63, 3.8) is 0 Å². The van der Waals surface area contributed by atoms with Crippen molar-refractivity contribution in [2.75, 3.05) is 26.7 Å². The van der Waals surface area contributed by atoms with Gasteiger partial charge in [0.15, 0.2) is 0 Å². The van der Waals surface area contributed by atoms with Gasteiger partial charge in [-0.3, -0.25) is 24.7 Å². The summed E-state index contributed by atoms with van der Waals surface area (Å²) in [4.78, 5) is 49.4. The molecule has 2 aliphatic heterocycles. The van der Waals surface area contributed by atoms with Gasteiger partial charge in [0.2, 0.25) is 5.91 Å². The Morgan fingerprint density at radius 2 is 1.90 bits per heavy atom. The molecule has 0 saturated carbocycles. The molecule has 0 bridgehead atoms. The Morgan fingerprint density at radius 1 is 1.21 bits per heavy atom. The summed E-state index contributed by atoms with van der Waals surface area (Å²) in [6, 6.07) is -2.08. The number of esters is 2. The van der Waals surface area contributed by atoms with Crippen LogP contribution >= 0.6 is 0 Å². The predicted octanol–water partition coefficient (Wildman–Crippen LogP) is -0.424. The topological polar surface area (TPSA) is 117 Å². The van der Waals surface area contributed by atoms with Crippen LogP contribution in [0.2, 0.25) is 0 Å². The van der Waals surface area contributed by atoms with Gasteiger partial charge in [-0.05, 0) is 47.0 Å². The van der Waals surface area contributed by atoms with Crippen molar-refractivity contribution in [2.45, 2.75) is 70.7 Å². The van der Waals surface area contributed by atoms with Crippen LogP contribution in [0.5, 0.6) is 0 Å². The number of rotatable bonds is 6. The maximum absolute atomic E-state index is 13.0. The lowest BCUT2D eigenvalue weighted by Crippen LogP contribution is -2.56. The molecule has 29 heavy (non-hydrogen) atoms. The van der Waals surface area contributed by atoms with Crippen LogP contribution in [-0.4, -0.2) is 84.2 Å². The molecule has 2 amide bonds. The zero-order valence-electron chi connectivity index (χ0n) is 17.8. The Morgan fingerprint density at radius 3 is 2.52 bits per heavy atom. The molecule has 2 N–H and O–H groups in total. The average Bonchev–Trinajstić information content (AvgIpc) is 2.99. The van der Waals surface area contributed by atoms with Crippen LogP contribution in [0.3, 0.4) is 0 Å². The molecule has 0 spiro atoms. The molecule has 10 nitrogen and oxygen atoms in total. The van der Waals surface area contributed by atoms with Crippen molar-refractivity contribution in [3.05, 3.63) is 0 Å². The van der Waals surface area contributed by atoms with E-state index >= 15 is 0 Å². The number of fused-ring (bicyclic) bond motifs is 1. The number of hydrogen-bond donors (Lipinski definition) is 2. The zero-order chi connectivity index (χ0) is 21.8. The highest BCUT2D eigenvalue weighted by Gasteiger charge is 2.44. The second-order valence-electron chi connectivity index (χ2n) is 8.36. The Bertz CT molecular complexity index is 647. The van der Waals surface area contributed by atoms with E-state index in [0.29, 0.717) is 32.4 Å². The molecular weight excluding hydrogens is 380 g/mol. The van der Waals surface area contributed by atoms with Gasteiger partial charge in [-0.1, -0.05) is 0 Å². The Balaban J connectivity index is 1.94. The molecule has 2 fully saturated rings. The second-order valence-corrected chi connectivity index (χ2v) is 8.36. The Labute approximate surface area is 171 Å². The molecule has 164 valence electrons. The standard InChI is InChI=1S/C19H32N4O6/c1-12(20-11-15(24)29-19(2,3)4)16(25)21-13-7-6-9-22-10-8-14(18(27)28-5)23(22)17(13)26/h12-14,20H,6-11H2,1-5H3,(H,21,25). The van der Waals surface area contributed by atoms with E-state index in [2.05, 4.69) is 10.6 Å². The van der Waals surface area contributed by atoms with Gasteiger partial charge < -0.3 is 14.8 Å². The van der Waals surface area contributed by atoms with Gasteiger partial charge in [-0.25, -0.2) is 9.80 Å². The second kappa shape index (κ2) is 9.53. The molecule has 3 unspecified atom stereocenters. The van der Waals surface area contributed by atoms with Crippen LogP contribution in [-0.2, 0) is 28.7 Å². The smallest absolute Gasteiger partial charge is 0.330 e. The van der Waals surface area contributed by atoms with Crippen molar-refractivity contribution >= 4 is 23.8 Å². The average molecular weight is 412 g/mol. The number of hydrazine groups is 1. The van der Waals surface area contributed by atoms with Crippen molar-refractivity contribution < 1.29 is 28.7 Å². The third-order valence-electron chi connectivity index (χ3n) is 4.85. The van der Waals surface area contributed by atoms with Crippen molar-refractivity contribution in [1.29, 1.82) is 0 Å². The minimum atomic E-state index is -0.733. The normalized spacial score (nSPS) is 23.8. The molecule has 2 heterocycles. The van der Waals surface area contributed by atoms with Crippen LogP contribution in [0.4, 0.5) is 0 Å². The van der Waals surface area contributed by atoms with Gasteiger partial charge in [0.25, 0.3) is 5.91 Å². The van der Waals surface area contributed by atoms with Crippen LogP contribution in [0.1, 0.15) is 47.0 Å². The van der Waals surface area contributed by atoms with Gasteiger partial charge >= 0.3 is 11.9 Å². The molecule has 2 rings (SSSR count). The van der Waals surface area contributed by atoms with E-state index < -0.39 is 41.6 Å². The number of ether oxygens (including phenoxy) is 2. The van der Waals surface area contributed by atoms with E-state index in [1.165, 1.54) is 12.1 Å². The highest BCUT2D eigenvalue weighted by molar-refractivity contribution is 5.92. The van der Waals surface area contributed by atoms with Gasteiger partial charge in [-0.15, -0.1) is 0 Å². The lowest BCUT2D eigenvalue weighted by atomic mass is 10.1. The van der Waals surface area contributed by atoms with Gasteiger partial charge in [0, 0.05) is 13.1 Å². The fraction of sp³-hybridized carbons (Fsp3) is 0.789. The minimum Gasteiger partial charge on any atom is -0.467 e. The fourth-order valence-electron chi connectivity index (χ4n) is 3.46. The maximum Gasteiger partial charge on any atom is 0.330 e. The highest BCUT2D eigenvalue weighted by Crippen LogP contribution is 2.25. The number of amides is 2. The predicted molar refractivity (Wildman–Crippen MR) is 103 cm³/mol. The number of nitrogens with one attached hydrogen (secondary N) is 2. The molecule has 3 atom stereocenters. The van der Waals surface area contributed by atoms with Gasteiger partial charge in [-0.2, -0.15) is 0 Å². The highest BCUT2D eigenvalue weighted by atomic mass is 16.6. The van der Waals surface area contributed by atoms with Crippen LogP contribution in [0.15, 0.2) is 0 Å². The van der Waals surface area contributed by atoms with E-state index in [1.54, 1.807) is 27.7 Å². The molecule has 0 radical (unpaired) electrons. The number of hydrogen-bond acceptors (Lipinski definition) is 8. The largest absolute Gasteiger partial charge is 0.467 e. The van der Waals surface area contributed by atoms with E-state index in [9.17, 15) is 19.2 Å². The van der Waals surface area contributed by atoms with E-state index in [0.717, 1.165) is 0 Å². The fourth-order valence-corrected chi connectivity index (χ4v) is 3.46. The van der Waals surface area contributed by atoms with Crippen LogP contribution in [0.25, 0.3) is 0 Å². The van der Waals surface area contributed by atoms with Crippen LogP contribution < -0.4 is 10.6 Å². The van der Waals surface area contributed by atoms with Crippen molar-refractivity contribution in [3.8, 4) is 0 Å². The molecule has 2 aliphatic rings. The molecule has 10 heteroatoms. The third kappa shape index (κ3) is 6.14. The Hall–Kier alpha value is -2.20. The lowest BCUT2D eigenvalue weighted by Gasteiger charge is -2.31. The summed E-state index contributed by atoms with van der Waals surface area (Å²) < 4.78 is 10.0. The van der Waals surface area contributed by atoms with E-state index in [-0.39, 0.29) is 12.5 Å². The summed E-state index contributed by atoms with van der Waals surface area (Å²) in [7, 11) is 1.30. The first-order valence-electron chi connectivity index (χ1n) is 9.95. The summed E-state index contributed by atoms with van der Waals surface area (Å²) in [6.45, 7) is 8.03. The molecule has 0 aliphatic carbocycles. The van der Waals surface area contributed by atoms with Crippen molar-refractivity contribution in [1.82, 2.24) is 20.7 Å². The number of methoxy groups -OCH3 is 1. The van der Waals surface area contributed by atoms with Gasteiger partial charge in [0.05, 0.1) is 19.7 Å². The molecule has 0 aromatic rings. The van der Waals surface area contributed by atoms with E-state index in [1.807, 2.05) is 5.01 Å².